The Morgan fingerprint density at radius 3 is 2.52 bits per heavy atom. The molecule has 9 heteroatoms. The molecule has 1 aliphatic rings. The Labute approximate surface area is 170 Å². The van der Waals surface area contributed by atoms with Gasteiger partial charge in [-0.15, -0.1) is 23.2 Å². The van der Waals surface area contributed by atoms with Gasteiger partial charge < -0.3 is 16.4 Å². The van der Waals surface area contributed by atoms with Crippen molar-refractivity contribution in [1.82, 2.24) is 0 Å². The first-order chi connectivity index (χ1) is 12.6. The number of halogens is 4. The Morgan fingerprint density at radius 2 is 1.89 bits per heavy atom. The number of hydrogen-bond donors (Lipinski definition) is 3. The molecule has 2 aromatic carbocycles. The van der Waals surface area contributed by atoms with Crippen LogP contribution in [-0.2, 0) is 4.79 Å². The highest BCUT2D eigenvalue weighted by molar-refractivity contribution is 6.52. The lowest BCUT2D eigenvalue weighted by Crippen LogP contribution is -2.18. The van der Waals surface area contributed by atoms with Crippen LogP contribution in [0.1, 0.15) is 22.3 Å². The molecular weight excluding hydrogens is 416 g/mol. The fourth-order valence-corrected chi connectivity index (χ4v) is 3.19. The Hall–Kier alpha value is -2.02. The smallest absolute Gasteiger partial charge is 0.257 e. The van der Waals surface area contributed by atoms with Crippen molar-refractivity contribution in [3.05, 3.63) is 52.3 Å². The first kappa shape index (κ1) is 19.7. The number of alkyl halides is 2. The van der Waals surface area contributed by atoms with Gasteiger partial charge in [-0.2, -0.15) is 0 Å². The van der Waals surface area contributed by atoms with Gasteiger partial charge in [0, 0.05) is 11.4 Å². The predicted octanol–water partition coefficient (Wildman–Crippen LogP) is 4.75. The lowest BCUT2D eigenvalue weighted by Gasteiger charge is -2.12. The summed E-state index contributed by atoms with van der Waals surface area (Å²) in [5.74, 6) is -2.14. The summed E-state index contributed by atoms with van der Waals surface area (Å²) in [6, 6.07) is 6.93. The van der Waals surface area contributed by atoms with Crippen LogP contribution in [0.25, 0.3) is 0 Å². The Bertz CT molecular complexity index is 950. The first-order valence-corrected chi connectivity index (χ1v) is 9.07. The molecule has 2 aromatic rings. The lowest BCUT2D eigenvalue weighted by atomic mass is 10.1. The summed E-state index contributed by atoms with van der Waals surface area (Å²) >= 11 is 17.8. The normalized spacial score (nSPS) is 17.3. The third-order valence-electron chi connectivity index (χ3n) is 4.22. The van der Waals surface area contributed by atoms with E-state index in [2.05, 4.69) is 10.6 Å². The van der Waals surface area contributed by atoms with Crippen LogP contribution in [0.5, 0.6) is 0 Å². The second-order valence-electron chi connectivity index (χ2n) is 6.34. The van der Waals surface area contributed by atoms with Crippen LogP contribution in [0.4, 0.5) is 21.5 Å². The van der Waals surface area contributed by atoms with Gasteiger partial charge in [0.1, 0.15) is 10.2 Å². The molecule has 0 radical (unpaired) electrons. The number of aryl methyl sites for hydroxylation is 1. The summed E-state index contributed by atoms with van der Waals surface area (Å²) in [6.45, 7) is 1.66. The maximum Gasteiger partial charge on any atom is 0.257 e. The number of nitrogens with one attached hydrogen (secondary N) is 2. The highest BCUT2D eigenvalue weighted by Gasteiger charge is 2.56. The lowest BCUT2D eigenvalue weighted by molar-refractivity contribution is -0.117. The standard InChI is InChI=1S/C18H15Cl3FN3O2/c1-8-4-13(22)15(6-14(8)23)25-16(26)10-5-9(2-3-12(10)19)24-17(27)11-7-18(11,20)21/h2-6,11H,7,23H2,1H3,(H,24,27)(H,25,26). The van der Waals surface area contributed by atoms with Gasteiger partial charge in [-0.3, -0.25) is 9.59 Å². The number of nitrogens with two attached hydrogens (primary N) is 1. The summed E-state index contributed by atoms with van der Waals surface area (Å²) in [6.07, 6.45) is 0.358. The maximum atomic E-state index is 14.0. The summed E-state index contributed by atoms with van der Waals surface area (Å²) in [4.78, 5) is 24.6. The van der Waals surface area contributed by atoms with Crippen LogP contribution >= 0.6 is 34.8 Å². The Kier molecular flexibility index (Phi) is 5.25. The molecule has 1 unspecified atom stereocenters. The van der Waals surface area contributed by atoms with E-state index in [4.69, 9.17) is 40.5 Å². The van der Waals surface area contributed by atoms with Gasteiger partial charge in [-0.25, -0.2) is 4.39 Å². The molecule has 1 saturated carbocycles. The molecule has 0 spiro atoms. The molecule has 27 heavy (non-hydrogen) atoms. The molecule has 5 nitrogen and oxygen atoms in total. The topological polar surface area (TPSA) is 84.2 Å². The molecule has 0 bridgehead atoms. The van der Waals surface area contributed by atoms with Crippen molar-refractivity contribution >= 4 is 63.7 Å². The van der Waals surface area contributed by atoms with Gasteiger partial charge in [0.25, 0.3) is 5.91 Å². The van der Waals surface area contributed by atoms with E-state index in [1.165, 1.54) is 30.3 Å². The minimum absolute atomic E-state index is 0.0619. The molecule has 0 aromatic heterocycles. The molecule has 3 rings (SSSR count). The van der Waals surface area contributed by atoms with E-state index in [1.54, 1.807) is 6.92 Å². The average molecular weight is 431 g/mol. The summed E-state index contributed by atoms with van der Waals surface area (Å²) in [7, 11) is 0. The summed E-state index contributed by atoms with van der Waals surface area (Å²) < 4.78 is 13.0. The Morgan fingerprint density at radius 1 is 1.22 bits per heavy atom. The summed E-state index contributed by atoms with van der Waals surface area (Å²) in [5.41, 5.74) is 6.99. The number of anilines is 3. The van der Waals surface area contributed by atoms with E-state index >= 15 is 0 Å². The first-order valence-electron chi connectivity index (χ1n) is 7.93. The second-order valence-corrected chi connectivity index (χ2v) is 8.29. The highest BCUT2D eigenvalue weighted by atomic mass is 35.5. The summed E-state index contributed by atoms with van der Waals surface area (Å²) in [5, 5.41) is 5.20. The molecule has 0 saturated heterocycles. The van der Waals surface area contributed by atoms with Crippen LogP contribution in [0.15, 0.2) is 30.3 Å². The van der Waals surface area contributed by atoms with Gasteiger partial charge in [0.15, 0.2) is 0 Å². The molecule has 1 atom stereocenters. The Balaban J connectivity index is 1.79. The van der Waals surface area contributed by atoms with Crippen molar-refractivity contribution < 1.29 is 14.0 Å². The monoisotopic (exact) mass is 429 g/mol. The number of benzene rings is 2. The third-order valence-corrected chi connectivity index (χ3v) is 5.39. The number of carbonyl (C=O) groups is 2. The second kappa shape index (κ2) is 7.19. The minimum atomic E-state index is -1.06. The highest BCUT2D eigenvalue weighted by Crippen LogP contribution is 2.53. The van der Waals surface area contributed by atoms with Gasteiger partial charge in [-0.05, 0) is 49.2 Å². The minimum Gasteiger partial charge on any atom is -0.398 e. The number of nitrogen functional groups attached to an aromatic ring is 1. The van der Waals surface area contributed by atoms with E-state index in [0.29, 0.717) is 23.4 Å². The molecule has 0 heterocycles. The van der Waals surface area contributed by atoms with Crippen molar-refractivity contribution in [2.24, 2.45) is 5.92 Å². The fourth-order valence-electron chi connectivity index (χ4n) is 2.48. The molecule has 1 aliphatic carbocycles. The molecule has 0 aliphatic heterocycles. The van der Waals surface area contributed by atoms with Crippen molar-refractivity contribution in [3.8, 4) is 0 Å². The van der Waals surface area contributed by atoms with Crippen LogP contribution in [0, 0.1) is 18.7 Å². The largest absolute Gasteiger partial charge is 0.398 e. The van der Waals surface area contributed by atoms with Gasteiger partial charge in [-0.1, -0.05) is 11.6 Å². The predicted molar refractivity (Wildman–Crippen MR) is 106 cm³/mol. The SMILES string of the molecule is Cc1cc(F)c(NC(=O)c2cc(NC(=O)C3CC3(Cl)Cl)ccc2Cl)cc1N. The van der Waals surface area contributed by atoms with Crippen LogP contribution in [-0.4, -0.2) is 16.1 Å². The zero-order valence-corrected chi connectivity index (χ0v) is 16.3. The molecule has 142 valence electrons. The number of amides is 2. The fraction of sp³-hybridized carbons (Fsp3) is 0.222. The van der Waals surface area contributed by atoms with Crippen molar-refractivity contribution in [2.75, 3.05) is 16.4 Å². The van der Waals surface area contributed by atoms with E-state index in [1.807, 2.05) is 0 Å². The molecule has 1 fully saturated rings. The zero-order valence-electron chi connectivity index (χ0n) is 14.1. The zero-order chi connectivity index (χ0) is 19.9. The average Bonchev–Trinajstić information content (AvgIpc) is 3.23. The number of carbonyl (C=O) groups excluding carboxylic acids is 2. The van der Waals surface area contributed by atoms with Gasteiger partial charge in [0.05, 0.1) is 22.2 Å². The molecule has 2 amide bonds. The van der Waals surface area contributed by atoms with Crippen LogP contribution in [0.2, 0.25) is 5.02 Å². The van der Waals surface area contributed by atoms with E-state index in [-0.39, 0.29) is 22.2 Å². The van der Waals surface area contributed by atoms with E-state index in [9.17, 15) is 14.0 Å². The van der Waals surface area contributed by atoms with Gasteiger partial charge in [0.2, 0.25) is 5.91 Å². The van der Waals surface area contributed by atoms with Crippen LogP contribution in [0.3, 0.4) is 0 Å². The molecular formula is C18H15Cl3FN3O2. The number of hydrogen-bond acceptors (Lipinski definition) is 3. The van der Waals surface area contributed by atoms with E-state index < -0.39 is 22.0 Å². The third kappa shape index (κ3) is 4.29. The molecule has 4 N–H and O–H groups in total. The van der Waals surface area contributed by atoms with Crippen molar-refractivity contribution in [3.63, 3.8) is 0 Å². The van der Waals surface area contributed by atoms with Gasteiger partial charge >= 0.3 is 0 Å². The maximum absolute atomic E-state index is 14.0. The van der Waals surface area contributed by atoms with E-state index in [0.717, 1.165) is 0 Å². The quantitative estimate of drug-likeness (QED) is 0.483. The van der Waals surface area contributed by atoms with Crippen LogP contribution < -0.4 is 16.4 Å². The number of rotatable bonds is 4. The van der Waals surface area contributed by atoms with Crippen molar-refractivity contribution in [2.45, 2.75) is 17.7 Å². The van der Waals surface area contributed by atoms with Crippen molar-refractivity contribution in [1.29, 1.82) is 0 Å².